The Bertz CT molecular complexity index is 299. The first-order chi connectivity index (χ1) is 8.24. The van der Waals surface area contributed by atoms with E-state index in [9.17, 15) is 9.59 Å². The van der Waals surface area contributed by atoms with Crippen molar-refractivity contribution in [2.24, 2.45) is 5.92 Å². The number of ether oxygens (including phenoxy) is 2. The largest absolute Gasteiger partial charge is 0.463 e. The minimum Gasteiger partial charge on any atom is -0.463 e. The molecule has 0 unspecified atom stereocenters. The molecule has 104 valence electrons. The van der Waals surface area contributed by atoms with Gasteiger partial charge in [-0.15, -0.1) is 0 Å². The normalized spacial score (nSPS) is 13.4. The van der Waals surface area contributed by atoms with Crippen molar-refractivity contribution >= 4 is 11.9 Å². The van der Waals surface area contributed by atoms with Crippen LogP contribution in [-0.4, -0.2) is 24.1 Å². The van der Waals surface area contributed by atoms with Gasteiger partial charge in [0.2, 0.25) is 0 Å². The van der Waals surface area contributed by atoms with Gasteiger partial charge in [-0.05, 0) is 40.0 Å². The number of hydrogen-bond donors (Lipinski definition) is 0. The van der Waals surface area contributed by atoms with Gasteiger partial charge in [-0.3, -0.25) is 4.79 Å². The van der Waals surface area contributed by atoms with Crippen molar-refractivity contribution in [1.29, 1.82) is 0 Å². The molecule has 0 aliphatic heterocycles. The highest BCUT2D eigenvalue weighted by atomic mass is 16.6. The van der Waals surface area contributed by atoms with Gasteiger partial charge in [0, 0.05) is 12.5 Å². The maximum Gasteiger partial charge on any atom is 0.330 e. The van der Waals surface area contributed by atoms with Crippen LogP contribution in [0.15, 0.2) is 12.2 Å². The second-order valence-corrected chi connectivity index (χ2v) is 5.29. The lowest BCUT2D eigenvalue weighted by Crippen LogP contribution is -2.24. The van der Waals surface area contributed by atoms with Gasteiger partial charge in [-0.1, -0.05) is 13.0 Å². The maximum atomic E-state index is 11.5. The Labute approximate surface area is 109 Å². The zero-order valence-electron chi connectivity index (χ0n) is 12.0. The van der Waals surface area contributed by atoms with Crippen molar-refractivity contribution in [3.8, 4) is 0 Å². The number of carbonyl (C=O) groups is 2. The molecule has 0 aliphatic rings. The Balaban J connectivity index is 3.94. The molecule has 0 heterocycles. The highest BCUT2D eigenvalue weighted by Gasteiger charge is 2.17. The van der Waals surface area contributed by atoms with E-state index in [-0.39, 0.29) is 17.9 Å². The number of rotatable bonds is 6. The molecule has 0 N–H and O–H groups in total. The molecule has 0 aromatic rings. The van der Waals surface area contributed by atoms with Gasteiger partial charge >= 0.3 is 11.9 Å². The van der Waals surface area contributed by atoms with Gasteiger partial charge in [0.05, 0.1) is 6.61 Å². The lowest BCUT2D eigenvalue weighted by molar-refractivity contribution is -0.155. The van der Waals surface area contributed by atoms with Crippen molar-refractivity contribution in [3.63, 3.8) is 0 Å². The summed E-state index contributed by atoms with van der Waals surface area (Å²) >= 11 is 0. The second kappa shape index (κ2) is 7.90. The van der Waals surface area contributed by atoms with E-state index in [1.165, 1.54) is 6.08 Å². The van der Waals surface area contributed by atoms with Crippen LogP contribution >= 0.6 is 0 Å². The minimum atomic E-state index is -0.447. The van der Waals surface area contributed by atoms with Gasteiger partial charge in [-0.2, -0.15) is 0 Å². The molecule has 4 nitrogen and oxygen atoms in total. The quantitative estimate of drug-likeness (QED) is 0.541. The molecule has 0 spiro atoms. The standard InChI is InChI=1S/C14H24O4/c1-6-17-12(15)9-7-8-11(2)10-13(16)18-14(3,4)5/h7,9,11H,6,8,10H2,1-5H3/b9-7+/t11-/m1/s1. The zero-order chi connectivity index (χ0) is 14.2. The molecule has 0 rings (SSSR count). The zero-order valence-corrected chi connectivity index (χ0v) is 12.0. The summed E-state index contributed by atoms with van der Waals surface area (Å²) in [4.78, 5) is 22.6. The van der Waals surface area contributed by atoms with E-state index in [4.69, 9.17) is 9.47 Å². The predicted octanol–water partition coefficient (Wildman–Crippen LogP) is 2.86. The first-order valence-electron chi connectivity index (χ1n) is 6.29. The molecule has 4 heteroatoms. The summed E-state index contributed by atoms with van der Waals surface area (Å²) in [7, 11) is 0. The molecular weight excluding hydrogens is 232 g/mol. The van der Waals surface area contributed by atoms with Crippen LogP contribution in [0.25, 0.3) is 0 Å². The minimum absolute atomic E-state index is 0.144. The monoisotopic (exact) mass is 256 g/mol. The third-order valence-corrected chi connectivity index (χ3v) is 2.01. The Hall–Kier alpha value is -1.32. The Morgan fingerprint density at radius 3 is 2.39 bits per heavy atom. The molecule has 18 heavy (non-hydrogen) atoms. The maximum absolute atomic E-state index is 11.5. The van der Waals surface area contributed by atoms with Crippen LogP contribution in [-0.2, 0) is 19.1 Å². The van der Waals surface area contributed by atoms with Gasteiger partial charge in [0.25, 0.3) is 0 Å². The van der Waals surface area contributed by atoms with Crippen LogP contribution < -0.4 is 0 Å². The summed E-state index contributed by atoms with van der Waals surface area (Å²) in [6.07, 6.45) is 4.13. The predicted molar refractivity (Wildman–Crippen MR) is 70.0 cm³/mol. The molecule has 0 saturated carbocycles. The second-order valence-electron chi connectivity index (χ2n) is 5.29. The van der Waals surface area contributed by atoms with E-state index in [2.05, 4.69) is 0 Å². The summed E-state index contributed by atoms with van der Waals surface area (Å²) in [5.74, 6) is -0.410. The Morgan fingerprint density at radius 1 is 1.28 bits per heavy atom. The van der Waals surface area contributed by atoms with E-state index < -0.39 is 5.60 Å². The summed E-state index contributed by atoms with van der Waals surface area (Å²) in [5, 5.41) is 0. The summed E-state index contributed by atoms with van der Waals surface area (Å²) < 4.78 is 9.97. The van der Waals surface area contributed by atoms with Crippen LogP contribution in [0.5, 0.6) is 0 Å². The van der Waals surface area contributed by atoms with Crippen molar-refractivity contribution in [2.75, 3.05) is 6.61 Å². The average Bonchev–Trinajstić information content (AvgIpc) is 2.14. The van der Waals surface area contributed by atoms with Crippen molar-refractivity contribution in [1.82, 2.24) is 0 Å². The number of carbonyl (C=O) groups excluding carboxylic acids is 2. The van der Waals surface area contributed by atoms with Crippen LogP contribution in [0.1, 0.15) is 47.5 Å². The van der Waals surface area contributed by atoms with E-state index in [0.29, 0.717) is 19.4 Å². The van der Waals surface area contributed by atoms with Gasteiger partial charge in [0.15, 0.2) is 0 Å². The molecule has 0 fully saturated rings. The van der Waals surface area contributed by atoms with Crippen molar-refractivity contribution in [2.45, 2.75) is 53.1 Å². The van der Waals surface area contributed by atoms with Crippen LogP contribution in [0.3, 0.4) is 0 Å². The Morgan fingerprint density at radius 2 is 1.89 bits per heavy atom. The van der Waals surface area contributed by atoms with Crippen LogP contribution in [0.4, 0.5) is 0 Å². The molecular formula is C14H24O4. The summed E-state index contributed by atoms with van der Waals surface area (Å²) in [6, 6.07) is 0. The SMILES string of the molecule is CCOC(=O)/C=C/C[C@@H](C)CC(=O)OC(C)(C)C. The van der Waals surface area contributed by atoms with E-state index in [1.54, 1.807) is 13.0 Å². The average molecular weight is 256 g/mol. The van der Waals surface area contributed by atoms with Crippen molar-refractivity contribution < 1.29 is 19.1 Å². The number of hydrogen-bond acceptors (Lipinski definition) is 4. The molecule has 0 bridgehead atoms. The first kappa shape index (κ1) is 16.7. The third kappa shape index (κ3) is 9.87. The number of esters is 2. The summed E-state index contributed by atoms with van der Waals surface area (Å²) in [5.41, 5.74) is -0.447. The van der Waals surface area contributed by atoms with E-state index in [0.717, 1.165) is 0 Å². The molecule has 1 atom stereocenters. The van der Waals surface area contributed by atoms with Gasteiger partial charge in [-0.25, -0.2) is 4.79 Å². The fourth-order valence-electron chi connectivity index (χ4n) is 1.34. The Kier molecular flexibility index (Phi) is 7.32. The lowest BCUT2D eigenvalue weighted by atomic mass is 10.0. The smallest absolute Gasteiger partial charge is 0.330 e. The van der Waals surface area contributed by atoms with Gasteiger partial charge < -0.3 is 9.47 Å². The van der Waals surface area contributed by atoms with Crippen LogP contribution in [0.2, 0.25) is 0 Å². The third-order valence-electron chi connectivity index (χ3n) is 2.01. The topological polar surface area (TPSA) is 52.6 Å². The van der Waals surface area contributed by atoms with E-state index in [1.807, 2.05) is 27.7 Å². The molecule has 0 aliphatic carbocycles. The molecule has 0 amide bonds. The van der Waals surface area contributed by atoms with E-state index >= 15 is 0 Å². The van der Waals surface area contributed by atoms with Crippen LogP contribution in [0, 0.1) is 5.92 Å². The molecule has 0 radical (unpaired) electrons. The fourth-order valence-corrected chi connectivity index (χ4v) is 1.34. The molecule has 0 aromatic heterocycles. The highest BCUT2D eigenvalue weighted by Crippen LogP contribution is 2.14. The number of allylic oxidation sites excluding steroid dienone is 1. The molecule has 0 aromatic carbocycles. The highest BCUT2D eigenvalue weighted by molar-refractivity contribution is 5.81. The van der Waals surface area contributed by atoms with Crippen molar-refractivity contribution in [3.05, 3.63) is 12.2 Å². The first-order valence-corrected chi connectivity index (χ1v) is 6.29. The molecule has 0 saturated heterocycles. The summed E-state index contributed by atoms with van der Waals surface area (Å²) in [6.45, 7) is 9.61. The van der Waals surface area contributed by atoms with Gasteiger partial charge in [0.1, 0.15) is 5.60 Å². The lowest BCUT2D eigenvalue weighted by Gasteiger charge is -2.20. The fraction of sp³-hybridized carbons (Fsp3) is 0.714.